The fraction of sp³-hybridized carbons (Fsp3) is 0.362. The molecule has 3 aromatic carbocycles. The van der Waals surface area contributed by atoms with E-state index in [0.717, 1.165) is 67.5 Å². The molecule has 5 N–H and O–H groups in total. The molecular formula is C47H52N10O2. The number of phenolic OH excluding ortho intramolecular Hbond substituents is 1. The number of hydrogen-bond donors (Lipinski definition) is 3. The highest BCUT2D eigenvalue weighted by Gasteiger charge is 2.36. The van der Waals surface area contributed by atoms with Crippen LogP contribution in [0.25, 0.3) is 44.3 Å². The molecular weight excluding hydrogens is 737 g/mol. The summed E-state index contributed by atoms with van der Waals surface area (Å²) in [6, 6.07) is 26.6. The van der Waals surface area contributed by atoms with Crippen LogP contribution in [-0.2, 0) is 6.61 Å². The van der Waals surface area contributed by atoms with Gasteiger partial charge in [0.25, 0.3) is 0 Å². The number of likely N-dealkylation sites (tertiary alicyclic amines) is 2. The molecule has 0 unspecified atom stereocenters. The monoisotopic (exact) mass is 788 g/mol. The molecule has 0 amide bonds. The Kier molecular flexibility index (Phi) is 10.1. The molecule has 2 aliphatic carbocycles. The number of benzene rings is 3. The minimum atomic E-state index is 0.247. The Labute approximate surface area is 344 Å². The van der Waals surface area contributed by atoms with Crippen molar-refractivity contribution in [3.63, 3.8) is 0 Å². The summed E-state index contributed by atoms with van der Waals surface area (Å²) in [7, 11) is 0. The fourth-order valence-electron chi connectivity index (χ4n) is 9.39. The third-order valence-corrected chi connectivity index (χ3v) is 13.0. The zero-order chi connectivity index (χ0) is 39.9. The summed E-state index contributed by atoms with van der Waals surface area (Å²) in [6.45, 7) is 8.07. The summed E-state index contributed by atoms with van der Waals surface area (Å²) >= 11 is 0. The Morgan fingerprint density at radius 2 is 1.14 bits per heavy atom. The van der Waals surface area contributed by atoms with Crippen molar-refractivity contribution < 1.29 is 9.84 Å². The van der Waals surface area contributed by atoms with Gasteiger partial charge in [-0.1, -0.05) is 54.6 Å². The number of ether oxygens (including phenoxy) is 1. The van der Waals surface area contributed by atoms with Crippen LogP contribution in [0.5, 0.6) is 11.5 Å². The lowest BCUT2D eigenvalue weighted by atomic mass is 9.79. The second kappa shape index (κ2) is 16.0. The van der Waals surface area contributed by atoms with Gasteiger partial charge in [-0.05, 0) is 117 Å². The number of rotatable bonds is 11. The van der Waals surface area contributed by atoms with E-state index in [9.17, 15) is 5.11 Å². The summed E-state index contributed by atoms with van der Waals surface area (Å²) in [6.07, 6.45) is 14.9. The number of nitrogen functional groups attached to an aromatic ring is 2. The highest BCUT2D eigenvalue weighted by atomic mass is 16.5. The molecule has 12 nitrogen and oxygen atoms in total. The standard InChI is InChI=1S/C27H29N5O.C20H23N5O/c28-26-25-24(21-8-4-9-23(14-21)33-17-19-6-2-1-3-7-19)16-32(27(25)30-18-29-26)22-12-20(13-22)15-31-10-5-11-31;21-19-18-17(14-3-1-4-16(26)9-14)11-25(20(18)23-12-22-19)15-7-13(8-15)10-24-5-2-6-24/h1-4,6-9,14,16,18,20,22H,5,10-13,15,17H2,(H2,28,29,30);1,3-4,9,11-13,15,26H,2,5-8,10H2,(H2,21,22,23). The molecule has 12 heteroatoms. The average molecular weight is 789 g/mol. The largest absolute Gasteiger partial charge is 0.508 e. The molecule has 302 valence electrons. The van der Waals surface area contributed by atoms with Crippen molar-refractivity contribution in [1.29, 1.82) is 0 Å². The van der Waals surface area contributed by atoms with Crippen LogP contribution < -0.4 is 16.2 Å². The Morgan fingerprint density at radius 1 is 0.610 bits per heavy atom. The Morgan fingerprint density at radius 3 is 1.64 bits per heavy atom. The fourth-order valence-corrected chi connectivity index (χ4v) is 9.39. The first-order chi connectivity index (χ1) is 28.9. The summed E-state index contributed by atoms with van der Waals surface area (Å²) in [5, 5.41) is 11.7. The van der Waals surface area contributed by atoms with Gasteiger partial charge in [-0.15, -0.1) is 0 Å². The minimum Gasteiger partial charge on any atom is -0.508 e. The van der Waals surface area contributed by atoms with E-state index < -0.39 is 0 Å². The lowest BCUT2D eigenvalue weighted by molar-refractivity contribution is 0.0921. The quantitative estimate of drug-likeness (QED) is 0.118. The van der Waals surface area contributed by atoms with Crippen LogP contribution in [0, 0.1) is 11.8 Å². The Hall–Kier alpha value is -5.98. The van der Waals surface area contributed by atoms with Gasteiger partial charge in [-0.2, -0.15) is 0 Å². The van der Waals surface area contributed by atoms with Crippen molar-refractivity contribution in [3.05, 3.63) is 109 Å². The van der Waals surface area contributed by atoms with Gasteiger partial charge in [0.15, 0.2) is 0 Å². The van der Waals surface area contributed by atoms with Crippen molar-refractivity contribution in [3.8, 4) is 33.8 Å². The second-order valence-electron chi connectivity index (χ2n) is 17.0. The smallest absolute Gasteiger partial charge is 0.146 e. The Balaban J connectivity index is 0.000000147. The van der Waals surface area contributed by atoms with Crippen molar-refractivity contribution in [2.24, 2.45) is 11.8 Å². The molecule has 4 fully saturated rings. The van der Waals surface area contributed by atoms with E-state index in [-0.39, 0.29) is 5.75 Å². The molecule has 0 spiro atoms. The van der Waals surface area contributed by atoms with Crippen molar-refractivity contribution >= 4 is 33.7 Å². The molecule has 0 radical (unpaired) electrons. The molecule has 4 aromatic heterocycles. The van der Waals surface area contributed by atoms with E-state index in [1.807, 2.05) is 42.5 Å². The molecule has 2 saturated carbocycles. The number of hydrogen-bond acceptors (Lipinski definition) is 10. The van der Waals surface area contributed by atoms with Gasteiger partial charge in [0.1, 0.15) is 53.7 Å². The number of aromatic nitrogens is 6. The Bertz CT molecular complexity index is 2570. The van der Waals surface area contributed by atoms with E-state index >= 15 is 0 Å². The molecule has 2 aliphatic heterocycles. The number of anilines is 2. The maximum Gasteiger partial charge on any atom is 0.146 e. The van der Waals surface area contributed by atoms with Gasteiger partial charge in [-0.3, -0.25) is 0 Å². The van der Waals surface area contributed by atoms with Gasteiger partial charge >= 0.3 is 0 Å². The summed E-state index contributed by atoms with van der Waals surface area (Å²) < 4.78 is 10.7. The second-order valence-corrected chi connectivity index (χ2v) is 17.0. The van der Waals surface area contributed by atoms with Crippen LogP contribution in [0.2, 0.25) is 0 Å². The summed E-state index contributed by atoms with van der Waals surface area (Å²) in [5.41, 5.74) is 19.6. The number of phenols is 1. The molecule has 0 atom stereocenters. The number of nitrogens with two attached hydrogens (primary N) is 2. The van der Waals surface area contributed by atoms with Crippen LogP contribution in [0.3, 0.4) is 0 Å². The van der Waals surface area contributed by atoms with E-state index in [1.165, 1.54) is 84.1 Å². The number of nitrogens with zero attached hydrogens (tertiary/aromatic N) is 8. The molecule has 6 heterocycles. The topological polar surface area (TPSA) is 149 Å². The molecule has 2 saturated heterocycles. The van der Waals surface area contributed by atoms with Crippen molar-refractivity contribution in [2.45, 2.75) is 57.2 Å². The molecule has 0 bridgehead atoms. The van der Waals surface area contributed by atoms with Gasteiger partial charge in [0, 0.05) is 48.7 Å². The first-order valence-electron chi connectivity index (χ1n) is 21.2. The van der Waals surface area contributed by atoms with Crippen LogP contribution in [0.4, 0.5) is 11.6 Å². The zero-order valence-electron chi connectivity index (χ0n) is 33.4. The predicted octanol–water partition coefficient (Wildman–Crippen LogP) is 7.96. The number of aromatic hydroxyl groups is 1. The normalized spacial score (nSPS) is 21.5. The maximum absolute atomic E-state index is 9.86. The van der Waals surface area contributed by atoms with Crippen molar-refractivity contribution in [2.75, 3.05) is 50.7 Å². The van der Waals surface area contributed by atoms with Gasteiger partial charge < -0.3 is 40.2 Å². The van der Waals surface area contributed by atoms with E-state index in [2.05, 4.69) is 75.5 Å². The maximum atomic E-state index is 9.86. The molecule has 4 aliphatic rings. The summed E-state index contributed by atoms with van der Waals surface area (Å²) in [5.74, 6) is 3.67. The van der Waals surface area contributed by atoms with E-state index in [4.69, 9.17) is 16.2 Å². The van der Waals surface area contributed by atoms with E-state index in [0.29, 0.717) is 30.3 Å². The predicted molar refractivity (Wildman–Crippen MR) is 233 cm³/mol. The van der Waals surface area contributed by atoms with Crippen LogP contribution in [0.1, 0.15) is 56.2 Å². The highest BCUT2D eigenvalue weighted by Crippen LogP contribution is 2.45. The van der Waals surface area contributed by atoms with Gasteiger partial charge in [-0.25, -0.2) is 19.9 Å². The number of fused-ring (bicyclic) bond motifs is 2. The van der Waals surface area contributed by atoms with Gasteiger partial charge in [0.2, 0.25) is 0 Å². The van der Waals surface area contributed by atoms with E-state index in [1.54, 1.807) is 18.5 Å². The van der Waals surface area contributed by atoms with Gasteiger partial charge in [0.05, 0.1) is 10.8 Å². The summed E-state index contributed by atoms with van der Waals surface area (Å²) in [4.78, 5) is 22.8. The first-order valence-corrected chi connectivity index (χ1v) is 21.2. The third-order valence-electron chi connectivity index (χ3n) is 13.0. The third kappa shape index (κ3) is 7.58. The minimum absolute atomic E-state index is 0.247. The highest BCUT2D eigenvalue weighted by molar-refractivity contribution is 6.01. The molecule has 59 heavy (non-hydrogen) atoms. The van der Waals surface area contributed by atoms with Crippen molar-refractivity contribution in [1.82, 2.24) is 38.9 Å². The lowest BCUT2D eigenvalue weighted by Crippen LogP contribution is -2.43. The average Bonchev–Trinajstić information content (AvgIpc) is 3.76. The van der Waals surface area contributed by atoms with Crippen LogP contribution in [-0.4, -0.2) is 83.2 Å². The zero-order valence-corrected chi connectivity index (χ0v) is 33.4. The lowest BCUT2D eigenvalue weighted by Gasteiger charge is -2.42. The SMILES string of the molecule is Nc1ncnc2c1c(-c1cccc(O)c1)cn2C1CC(CN2CCC2)C1.Nc1ncnc2c1c(-c1cccc(OCc3ccccc3)c1)cn2C1CC(CN2CCC2)C1. The first kappa shape index (κ1) is 37.3. The molecule has 11 rings (SSSR count). The van der Waals surface area contributed by atoms with Crippen LogP contribution in [0.15, 0.2) is 104 Å². The van der Waals surface area contributed by atoms with Crippen LogP contribution >= 0.6 is 0 Å². The molecule has 7 aromatic rings.